The third-order valence-electron chi connectivity index (χ3n) is 3.11. The molecule has 0 heterocycles. The van der Waals surface area contributed by atoms with Crippen molar-refractivity contribution in [2.24, 2.45) is 17.8 Å². The molecular weight excluding hydrogens is 156 g/mol. The SMILES string of the molecule is COC(=O)[C@@H]1C(=O)[C@H]2CC[C@@H]1C2. The van der Waals surface area contributed by atoms with Gasteiger partial charge in [-0.1, -0.05) is 0 Å². The van der Waals surface area contributed by atoms with Gasteiger partial charge in [0.05, 0.1) is 7.11 Å². The molecule has 0 saturated heterocycles. The van der Waals surface area contributed by atoms with Gasteiger partial charge in [0.1, 0.15) is 11.7 Å². The molecule has 0 aromatic carbocycles. The molecule has 0 unspecified atom stereocenters. The molecule has 2 bridgehead atoms. The minimum atomic E-state index is -0.422. The van der Waals surface area contributed by atoms with Gasteiger partial charge < -0.3 is 4.74 Å². The third-order valence-corrected chi connectivity index (χ3v) is 3.11. The summed E-state index contributed by atoms with van der Waals surface area (Å²) in [5.41, 5.74) is 0. The van der Waals surface area contributed by atoms with Crippen LogP contribution in [0.15, 0.2) is 0 Å². The zero-order chi connectivity index (χ0) is 8.72. The number of carbonyl (C=O) groups excluding carboxylic acids is 2. The Balaban J connectivity index is 2.17. The fraction of sp³-hybridized carbons (Fsp3) is 0.778. The Morgan fingerprint density at radius 3 is 2.75 bits per heavy atom. The average molecular weight is 168 g/mol. The molecule has 3 atom stereocenters. The lowest BCUT2D eigenvalue weighted by atomic mass is 9.88. The molecule has 3 nitrogen and oxygen atoms in total. The van der Waals surface area contributed by atoms with Gasteiger partial charge in [0.15, 0.2) is 0 Å². The van der Waals surface area contributed by atoms with Gasteiger partial charge >= 0.3 is 5.97 Å². The summed E-state index contributed by atoms with van der Waals surface area (Å²) in [6, 6.07) is 0. The Morgan fingerprint density at radius 2 is 2.25 bits per heavy atom. The number of carbonyl (C=O) groups is 2. The lowest BCUT2D eigenvalue weighted by molar-refractivity contribution is -0.151. The van der Waals surface area contributed by atoms with E-state index in [9.17, 15) is 9.59 Å². The van der Waals surface area contributed by atoms with Crippen molar-refractivity contribution in [2.75, 3.05) is 7.11 Å². The second-order valence-electron chi connectivity index (χ2n) is 3.67. The van der Waals surface area contributed by atoms with Crippen molar-refractivity contribution >= 4 is 11.8 Å². The standard InChI is InChI=1S/C9H12O3/c1-12-9(11)7-5-2-3-6(4-5)8(7)10/h5-7H,2-4H2,1H3/t5-,6+,7+/m1/s1. The van der Waals surface area contributed by atoms with E-state index in [-0.39, 0.29) is 23.6 Å². The average Bonchev–Trinajstić information content (AvgIpc) is 2.63. The first-order valence-corrected chi connectivity index (χ1v) is 4.35. The van der Waals surface area contributed by atoms with Crippen molar-refractivity contribution in [2.45, 2.75) is 19.3 Å². The second kappa shape index (κ2) is 2.57. The van der Waals surface area contributed by atoms with E-state index < -0.39 is 5.92 Å². The van der Waals surface area contributed by atoms with Gasteiger partial charge in [0, 0.05) is 5.92 Å². The molecule has 0 amide bonds. The van der Waals surface area contributed by atoms with Crippen LogP contribution in [-0.4, -0.2) is 18.9 Å². The summed E-state index contributed by atoms with van der Waals surface area (Å²) in [5.74, 6) is -0.173. The number of fused-ring (bicyclic) bond motifs is 2. The predicted octanol–water partition coefficient (Wildman–Crippen LogP) is 0.775. The van der Waals surface area contributed by atoms with Crippen molar-refractivity contribution in [3.8, 4) is 0 Å². The van der Waals surface area contributed by atoms with Crippen LogP contribution in [0.2, 0.25) is 0 Å². The maximum Gasteiger partial charge on any atom is 0.316 e. The molecule has 0 spiro atoms. The van der Waals surface area contributed by atoms with E-state index in [2.05, 4.69) is 4.74 Å². The van der Waals surface area contributed by atoms with E-state index in [0.29, 0.717) is 0 Å². The molecule has 2 rings (SSSR count). The number of ketones is 1. The first-order chi connectivity index (χ1) is 5.74. The van der Waals surface area contributed by atoms with Gasteiger partial charge in [-0.2, -0.15) is 0 Å². The molecule has 2 aliphatic rings. The normalized spacial score (nSPS) is 38.8. The molecule has 2 saturated carbocycles. The first-order valence-electron chi connectivity index (χ1n) is 4.35. The van der Waals surface area contributed by atoms with Crippen molar-refractivity contribution in [1.82, 2.24) is 0 Å². The number of Topliss-reactive ketones (excluding diaryl/α,β-unsaturated/α-hetero) is 1. The summed E-state index contributed by atoms with van der Waals surface area (Å²) in [7, 11) is 1.35. The van der Waals surface area contributed by atoms with Gasteiger partial charge in [0.2, 0.25) is 0 Å². The number of esters is 1. The molecule has 2 aliphatic carbocycles. The number of ether oxygens (including phenoxy) is 1. The smallest absolute Gasteiger partial charge is 0.316 e. The number of hydrogen-bond acceptors (Lipinski definition) is 3. The Hall–Kier alpha value is -0.860. The largest absolute Gasteiger partial charge is 0.468 e. The molecule has 0 aromatic heterocycles. The fourth-order valence-electron chi connectivity index (χ4n) is 2.50. The summed E-state index contributed by atoms with van der Waals surface area (Å²) in [4.78, 5) is 22.6. The van der Waals surface area contributed by atoms with Gasteiger partial charge in [-0.3, -0.25) is 9.59 Å². The van der Waals surface area contributed by atoms with Gasteiger partial charge in [-0.05, 0) is 25.2 Å². The maximum absolute atomic E-state index is 11.5. The van der Waals surface area contributed by atoms with Gasteiger partial charge in [-0.25, -0.2) is 0 Å². The Labute approximate surface area is 71.1 Å². The molecule has 12 heavy (non-hydrogen) atoms. The third kappa shape index (κ3) is 0.886. The second-order valence-corrected chi connectivity index (χ2v) is 3.67. The van der Waals surface area contributed by atoms with E-state index in [4.69, 9.17) is 0 Å². The van der Waals surface area contributed by atoms with E-state index in [1.807, 2.05) is 0 Å². The van der Waals surface area contributed by atoms with Crippen molar-refractivity contribution in [3.63, 3.8) is 0 Å². The van der Waals surface area contributed by atoms with Gasteiger partial charge in [-0.15, -0.1) is 0 Å². The summed E-state index contributed by atoms with van der Waals surface area (Å²) < 4.78 is 4.60. The van der Waals surface area contributed by atoms with Crippen LogP contribution in [0.1, 0.15) is 19.3 Å². The summed E-state index contributed by atoms with van der Waals surface area (Å²) >= 11 is 0. The number of methoxy groups -OCH3 is 1. The first kappa shape index (κ1) is 7.77. The molecule has 2 fully saturated rings. The molecule has 0 N–H and O–H groups in total. The van der Waals surface area contributed by atoms with Crippen LogP contribution in [0.25, 0.3) is 0 Å². The predicted molar refractivity (Wildman–Crippen MR) is 41.3 cm³/mol. The Morgan fingerprint density at radius 1 is 1.50 bits per heavy atom. The van der Waals surface area contributed by atoms with Crippen LogP contribution in [0.3, 0.4) is 0 Å². The fourth-order valence-corrected chi connectivity index (χ4v) is 2.50. The molecule has 66 valence electrons. The van der Waals surface area contributed by atoms with Crippen molar-refractivity contribution in [3.05, 3.63) is 0 Å². The van der Waals surface area contributed by atoms with Crippen LogP contribution in [-0.2, 0) is 14.3 Å². The summed E-state index contributed by atoms with van der Waals surface area (Å²) in [6.45, 7) is 0. The number of hydrogen-bond donors (Lipinski definition) is 0. The highest BCUT2D eigenvalue weighted by atomic mass is 16.5. The maximum atomic E-state index is 11.5. The lowest BCUT2D eigenvalue weighted by Crippen LogP contribution is -2.30. The summed E-state index contributed by atoms with van der Waals surface area (Å²) in [6.07, 6.45) is 2.92. The molecule has 0 aromatic rings. The van der Waals surface area contributed by atoms with E-state index in [0.717, 1.165) is 19.3 Å². The molecule has 0 radical (unpaired) electrons. The molecule has 3 heteroatoms. The lowest BCUT2D eigenvalue weighted by Gasteiger charge is -2.17. The zero-order valence-electron chi connectivity index (χ0n) is 7.08. The highest BCUT2D eigenvalue weighted by Gasteiger charge is 2.50. The number of rotatable bonds is 1. The zero-order valence-corrected chi connectivity index (χ0v) is 7.08. The van der Waals surface area contributed by atoms with Crippen LogP contribution < -0.4 is 0 Å². The van der Waals surface area contributed by atoms with Crippen LogP contribution in [0, 0.1) is 17.8 Å². The van der Waals surface area contributed by atoms with E-state index >= 15 is 0 Å². The summed E-state index contributed by atoms with van der Waals surface area (Å²) in [5, 5.41) is 0. The van der Waals surface area contributed by atoms with Crippen LogP contribution in [0.4, 0.5) is 0 Å². The Kier molecular flexibility index (Phi) is 1.67. The molecule has 0 aliphatic heterocycles. The van der Waals surface area contributed by atoms with Crippen molar-refractivity contribution < 1.29 is 14.3 Å². The molecular formula is C9H12O3. The quantitative estimate of drug-likeness (QED) is 0.429. The highest BCUT2D eigenvalue weighted by Crippen LogP contribution is 2.46. The van der Waals surface area contributed by atoms with Crippen LogP contribution in [0.5, 0.6) is 0 Å². The monoisotopic (exact) mass is 168 g/mol. The minimum Gasteiger partial charge on any atom is -0.468 e. The highest BCUT2D eigenvalue weighted by molar-refractivity contribution is 6.02. The van der Waals surface area contributed by atoms with E-state index in [1.54, 1.807) is 0 Å². The van der Waals surface area contributed by atoms with Crippen molar-refractivity contribution in [1.29, 1.82) is 0 Å². The topological polar surface area (TPSA) is 43.4 Å². The van der Waals surface area contributed by atoms with E-state index in [1.165, 1.54) is 7.11 Å². The Bertz CT molecular complexity index is 234. The minimum absolute atomic E-state index is 0.123. The van der Waals surface area contributed by atoms with Gasteiger partial charge in [0.25, 0.3) is 0 Å². The van der Waals surface area contributed by atoms with Crippen LogP contribution >= 0.6 is 0 Å².